The van der Waals surface area contributed by atoms with Gasteiger partial charge in [-0.05, 0) is 0 Å². The molecule has 0 bridgehead atoms. The molecule has 1 N–H and O–H groups in total. The molecule has 0 aromatic heterocycles. The topological polar surface area (TPSA) is 38.3 Å². The third-order valence-electron chi connectivity index (χ3n) is 1.94. The average molecular weight is 211 g/mol. The largest absolute Gasteiger partial charge is 0.389 e. The molecule has 1 heterocycles. The van der Waals surface area contributed by atoms with E-state index in [4.69, 9.17) is 4.74 Å². The third kappa shape index (κ3) is 4.06. The molecule has 3 nitrogen and oxygen atoms in total. The van der Waals surface area contributed by atoms with Crippen molar-refractivity contribution in [2.45, 2.75) is 25.1 Å². The van der Waals surface area contributed by atoms with Gasteiger partial charge in [0, 0.05) is 19.5 Å². The van der Waals surface area contributed by atoms with Crippen molar-refractivity contribution in [1.29, 1.82) is 0 Å². The van der Waals surface area contributed by atoms with E-state index in [2.05, 4.69) is 5.32 Å². The molecule has 82 valence electrons. The summed E-state index contributed by atoms with van der Waals surface area (Å²) < 4.78 is 40.3. The summed E-state index contributed by atoms with van der Waals surface area (Å²) in [5.74, 6) is -0.477. The zero-order chi connectivity index (χ0) is 10.6. The SMILES string of the molecule is O=C(CCC(F)(F)F)C1CNCCO1. The highest BCUT2D eigenvalue weighted by molar-refractivity contribution is 5.83. The zero-order valence-electron chi connectivity index (χ0n) is 7.56. The van der Waals surface area contributed by atoms with Crippen LogP contribution in [0.4, 0.5) is 13.2 Å². The minimum atomic E-state index is -4.27. The second-order valence-electron chi connectivity index (χ2n) is 3.15. The van der Waals surface area contributed by atoms with Crippen LogP contribution in [0.2, 0.25) is 0 Å². The maximum Gasteiger partial charge on any atom is 0.389 e. The van der Waals surface area contributed by atoms with Crippen LogP contribution >= 0.6 is 0 Å². The number of Topliss-reactive ketones (excluding diaryl/α,β-unsaturated/α-hetero) is 1. The van der Waals surface area contributed by atoms with E-state index in [0.717, 1.165) is 0 Å². The smallest absolute Gasteiger partial charge is 0.368 e. The van der Waals surface area contributed by atoms with Crippen LogP contribution in [-0.2, 0) is 9.53 Å². The van der Waals surface area contributed by atoms with Crippen LogP contribution < -0.4 is 5.32 Å². The molecule has 0 aromatic carbocycles. The molecule has 1 saturated heterocycles. The Hall–Kier alpha value is -0.620. The van der Waals surface area contributed by atoms with Crippen molar-refractivity contribution in [3.63, 3.8) is 0 Å². The van der Waals surface area contributed by atoms with Crippen molar-refractivity contribution in [1.82, 2.24) is 5.32 Å². The van der Waals surface area contributed by atoms with Gasteiger partial charge in [-0.25, -0.2) is 0 Å². The summed E-state index contributed by atoms with van der Waals surface area (Å²) in [6, 6.07) is 0. The quantitative estimate of drug-likeness (QED) is 0.753. The maximum absolute atomic E-state index is 11.8. The normalized spacial score (nSPS) is 23.5. The summed E-state index contributed by atoms with van der Waals surface area (Å²) in [7, 11) is 0. The monoisotopic (exact) mass is 211 g/mol. The van der Waals surface area contributed by atoms with Crippen molar-refractivity contribution in [2.24, 2.45) is 0 Å². The van der Waals surface area contributed by atoms with Crippen LogP contribution in [0.25, 0.3) is 0 Å². The predicted octanol–water partition coefficient (Wildman–Crippen LogP) is 0.886. The molecule has 1 aliphatic heterocycles. The van der Waals surface area contributed by atoms with E-state index in [1.54, 1.807) is 0 Å². The molecular weight excluding hydrogens is 199 g/mol. The number of alkyl halides is 3. The van der Waals surface area contributed by atoms with E-state index in [1.807, 2.05) is 0 Å². The number of rotatable bonds is 3. The summed E-state index contributed by atoms with van der Waals surface area (Å²) in [5.41, 5.74) is 0. The van der Waals surface area contributed by atoms with Crippen molar-refractivity contribution in [2.75, 3.05) is 19.7 Å². The Balaban J connectivity index is 2.27. The van der Waals surface area contributed by atoms with E-state index >= 15 is 0 Å². The first-order chi connectivity index (χ1) is 6.49. The van der Waals surface area contributed by atoms with E-state index < -0.39 is 30.9 Å². The summed E-state index contributed by atoms with van der Waals surface area (Å²) in [4.78, 5) is 11.2. The highest BCUT2D eigenvalue weighted by Gasteiger charge is 2.30. The number of halogens is 3. The number of carbonyl (C=O) groups excluding carboxylic acids is 1. The fourth-order valence-electron chi connectivity index (χ4n) is 1.20. The number of morpholine rings is 1. The van der Waals surface area contributed by atoms with Gasteiger partial charge in [0.25, 0.3) is 0 Å². The molecule has 0 spiro atoms. The van der Waals surface area contributed by atoms with Gasteiger partial charge in [-0.3, -0.25) is 4.79 Å². The van der Waals surface area contributed by atoms with Gasteiger partial charge in [0.2, 0.25) is 0 Å². The zero-order valence-corrected chi connectivity index (χ0v) is 7.56. The Bertz CT molecular complexity index is 199. The summed E-state index contributed by atoms with van der Waals surface area (Å²) in [5, 5.41) is 2.89. The molecular formula is C8H12F3NO2. The maximum atomic E-state index is 11.8. The number of ether oxygens (including phenoxy) is 1. The highest BCUT2D eigenvalue weighted by Crippen LogP contribution is 2.22. The molecule has 0 aliphatic carbocycles. The fourth-order valence-corrected chi connectivity index (χ4v) is 1.20. The van der Waals surface area contributed by atoms with E-state index in [-0.39, 0.29) is 0 Å². The first-order valence-electron chi connectivity index (χ1n) is 4.41. The molecule has 1 unspecified atom stereocenters. The van der Waals surface area contributed by atoms with Crippen LogP contribution in [0.5, 0.6) is 0 Å². The van der Waals surface area contributed by atoms with Crippen molar-refractivity contribution in [3.05, 3.63) is 0 Å². The van der Waals surface area contributed by atoms with Crippen molar-refractivity contribution < 1.29 is 22.7 Å². The summed E-state index contributed by atoms with van der Waals surface area (Å²) in [6.45, 7) is 1.34. The van der Waals surface area contributed by atoms with Crippen molar-refractivity contribution >= 4 is 5.78 Å². The Morgan fingerprint density at radius 2 is 2.21 bits per heavy atom. The lowest BCUT2D eigenvalue weighted by Gasteiger charge is -2.22. The molecule has 0 saturated carbocycles. The Morgan fingerprint density at radius 1 is 1.50 bits per heavy atom. The van der Waals surface area contributed by atoms with Crippen LogP contribution in [0.15, 0.2) is 0 Å². The van der Waals surface area contributed by atoms with Gasteiger partial charge in [0.05, 0.1) is 13.0 Å². The molecule has 1 rings (SSSR count). The lowest BCUT2D eigenvalue weighted by atomic mass is 10.1. The van der Waals surface area contributed by atoms with Crippen LogP contribution in [0.3, 0.4) is 0 Å². The fraction of sp³-hybridized carbons (Fsp3) is 0.875. The second-order valence-corrected chi connectivity index (χ2v) is 3.15. The molecule has 6 heteroatoms. The van der Waals surface area contributed by atoms with Crippen LogP contribution in [0.1, 0.15) is 12.8 Å². The molecule has 1 aliphatic rings. The minimum Gasteiger partial charge on any atom is -0.368 e. The van der Waals surface area contributed by atoms with Crippen LogP contribution in [-0.4, -0.2) is 37.8 Å². The molecule has 1 atom stereocenters. The number of ketones is 1. The second kappa shape index (κ2) is 4.75. The summed E-state index contributed by atoms with van der Waals surface area (Å²) in [6.07, 6.45) is -6.52. The van der Waals surface area contributed by atoms with Gasteiger partial charge in [0.15, 0.2) is 5.78 Å². The molecule has 0 amide bonds. The van der Waals surface area contributed by atoms with Gasteiger partial charge in [-0.15, -0.1) is 0 Å². The molecule has 14 heavy (non-hydrogen) atoms. The molecule has 0 aromatic rings. The highest BCUT2D eigenvalue weighted by atomic mass is 19.4. The first-order valence-corrected chi connectivity index (χ1v) is 4.41. The Labute approximate surface area is 79.6 Å². The molecule has 1 fully saturated rings. The van der Waals surface area contributed by atoms with E-state index in [0.29, 0.717) is 19.7 Å². The number of carbonyl (C=O) groups is 1. The van der Waals surface area contributed by atoms with E-state index in [9.17, 15) is 18.0 Å². The number of nitrogens with one attached hydrogen (secondary N) is 1. The predicted molar refractivity (Wildman–Crippen MR) is 42.9 cm³/mol. The van der Waals surface area contributed by atoms with Crippen LogP contribution in [0, 0.1) is 0 Å². The Kier molecular flexibility index (Phi) is 3.88. The van der Waals surface area contributed by atoms with Gasteiger partial charge in [0.1, 0.15) is 6.10 Å². The standard InChI is InChI=1S/C8H12F3NO2/c9-8(10,11)2-1-6(13)7-5-12-3-4-14-7/h7,12H,1-5H2. The first kappa shape index (κ1) is 11.5. The lowest BCUT2D eigenvalue weighted by molar-refractivity contribution is -0.149. The average Bonchev–Trinajstić information content (AvgIpc) is 2.14. The van der Waals surface area contributed by atoms with E-state index in [1.165, 1.54) is 0 Å². The van der Waals surface area contributed by atoms with Gasteiger partial charge in [-0.1, -0.05) is 0 Å². The minimum absolute atomic E-state index is 0.316. The van der Waals surface area contributed by atoms with Gasteiger partial charge in [-0.2, -0.15) is 13.2 Å². The third-order valence-corrected chi connectivity index (χ3v) is 1.94. The molecule has 0 radical (unpaired) electrons. The number of hydrogen-bond acceptors (Lipinski definition) is 3. The summed E-state index contributed by atoms with van der Waals surface area (Å²) >= 11 is 0. The van der Waals surface area contributed by atoms with Gasteiger partial charge < -0.3 is 10.1 Å². The lowest BCUT2D eigenvalue weighted by Crippen LogP contribution is -2.43. The van der Waals surface area contributed by atoms with Gasteiger partial charge >= 0.3 is 6.18 Å². The van der Waals surface area contributed by atoms with Crippen molar-refractivity contribution in [3.8, 4) is 0 Å². The number of hydrogen-bond donors (Lipinski definition) is 1. The Morgan fingerprint density at radius 3 is 2.71 bits per heavy atom.